The first kappa shape index (κ1) is 13.9. The summed E-state index contributed by atoms with van der Waals surface area (Å²) in [4.78, 5) is 14.4. The summed E-state index contributed by atoms with van der Waals surface area (Å²) < 4.78 is 0. The number of nitrogens with zero attached hydrogens (tertiary/aromatic N) is 1. The second-order valence-corrected chi connectivity index (χ2v) is 5.90. The maximum absolute atomic E-state index is 12.3. The highest BCUT2D eigenvalue weighted by molar-refractivity contribution is 5.84. The van der Waals surface area contributed by atoms with E-state index in [0.717, 1.165) is 31.7 Å². The van der Waals surface area contributed by atoms with Gasteiger partial charge in [-0.25, -0.2) is 0 Å². The second kappa shape index (κ2) is 6.55. The molecule has 0 aromatic heterocycles. The Bertz CT molecular complexity index is 276. The summed E-state index contributed by atoms with van der Waals surface area (Å²) in [6, 6.07) is 0.0934. The third-order valence-corrected chi connectivity index (χ3v) is 4.29. The lowest BCUT2D eigenvalue weighted by Gasteiger charge is -2.22. The lowest BCUT2D eigenvalue weighted by atomic mass is 10.1. The molecule has 1 saturated carbocycles. The van der Waals surface area contributed by atoms with Gasteiger partial charge in [0.15, 0.2) is 0 Å². The lowest BCUT2D eigenvalue weighted by Crippen LogP contribution is -2.37. The Balaban J connectivity index is 1.79. The highest BCUT2D eigenvalue weighted by Gasteiger charge is 2.36. The van der Waals surface area contributed by atoms with Crippen molar-refractivity contribution in [3.8, 4) is 0 Å². The van der Waals surface area contributed by atoms with Crippen LogP contribution < -0.4 is 5.32 Å². The van der Waals surface area contributed by atoms with Gasteiger partial charge in [-0.05, 0) is 31.6 Å². The van der Waals surface area contributed by atoms with Crippen LogP contribution in [0, 0.1) is 5.92 Å². The number of amides is 1. The molecule has 0 spiro atoms. The molecule has 2 aliphatic rings. The number of carbonyl (C=O) groups excluding carboxylic acids is 1. The van der Waals surface area contributed by atoms with Crippen molar-refractivity contribution in [2.24, 2.45) is 5.92 Å². The van der Waals surface area contributed by atoms with Gasteiger partial charge < -0.3 is 4.90 Å². The number of carbonyl (C=O) groups is 1. The molecule has 2 rings (SSSR count). The summed E-state index contributed by atoms with van der Waals surface area (Å²) in [6.45, 7) is 5.31. The van der Waals surface area contributed by atoms with Gasteiger partial charge in [0.2, 0.25) is 5.91 Å². The van der Waals surface area contributed by atoms with Gasteiger partial charge >= 0.3 is 0 Å². The van der Waals surface area contributed by atoms with Crippen LogP contribution in [0.25, 0.3) is 0 Å². The summed E-state index contributed by atoms with van der Waals surface area (Å²) in [5.41, 5.74) is 0. The Morgan fingerprint density at radius 2 is 2.00 bits per heavy atom. The minimum absolute atomic E-state index is 0.0934. The molecule has 0 aromatic carbocycles. The molecule has 1 aliphatic heterocycles. The van der Waals surface area contributed by atoms with Gasteiger partial charge in [0.1, 0.15) is 0 Å². The third-order valence-electron chi connectivity index (χ3n) is 4.29. The monoisotopic (exact) mass is 252 g/mol. The van der Waals surface area contributed by atoms with E-state index in [2.05, 4.69) is 24.1 Å². The minimum Gasteiger partial charge on any atom is -0.326 e. The number of hydrogen-bond acceptors (Lipinski definition) is 2. The zero-order chi connectivity index (χ0) is 13.0. The van der Waals surface area contributed by atoms with Crippen LogP contribution >= 0.6 is 0 Å². The Kier molecular flexibility index (Phi) is 5.04. The van der Waals surface area contributed by atoms with E-state index in [1.54, 1.807) is 0 Å². The Hall–Kier alpha value is -0.570. The lowest BCUT2D eigenvalue weighted by molar-refractivity contribution is -0.130. The molecule has 0 aromatic rings. The normalized spacial score (nSPS) is 28.1. The molecular formula is C15H28N2O. The van der Waals surface area contributed by atoms with Crippen molar-refractivity contribution in [3.05, 3.63) is 0 Å². The molecule has 3 heteroatoms. The first-order chi connectivity index (χ1) is 8.76. The third kappa shape index (κ3) is 3.47. The molecule has 1 heterocycles. The van der Waals surface area contributed by atoms with Crippen LogP contribution in [0.1, 0.15) is 65.2 Å². The van der Waals surface area contributed by atoms with Gasteiger partial charge in [-0.15, -0.1) is 0 Å². The number of unbranched alkanes of at least 4 members (excludes halogenated alkanes) is 1. The van der Waals surface area contributed by atoms with E-state index in [0.29, 0.717) is 12.1 Å². The summed E-state index contributed by atoms with van der Waals surface area (Å²) in [7, 11) is 0. The topological polar surface area (TPSA) is 32.3 Å². The van der Waals surface area contributed by atoms with Crippen LogP contribution in [-0.4, -0.2) is 29.6 Å². The highest BCUT2D eigenvalue weighted by Crippen LogP contribution is 2.33. The van der Waals surface area contributed by atoms with Gasteiger partial charge in [0.25, 0.3) is 0 Å². The molecule has 2 unspecified atom stereocenters. The summed E-state index contributed by atoms with van der Waals surface area (Å²) in [5, 5.41) is 3.51. The van der Waals surface area contributed by atoms with E-state index in [1.165, 1.54) is 32.1 Å². The first-order valence-electron chi connectivity index (χ1n) is 7.82. The summed E-state index contributed by atoms with van der Waals surface area (Å²) in [5.74, 6) is 1.33. The maximum atomic E-state index is 12.3. The van der Waals surface area contributed by atoms with Crippen LogP contribution in [-0.2, 0) is 4.79 Å². The molecule has 1 saturated heterocycles. The van der Waals surface area contributed by atoms with Gasteiger partial charge in [-0.3, -0.25) is 10.1 Å². The van der Waals surface area contributed by atoms with Crippen LogP contribution in [0.3, 0.4) is 0 Å². The molecule has 3 nitrogen and oxygen atoms in total. The van der Waals surface area contributed by atoms with Crippen molar-refractivity contribution in [1.82, 2.24) is 10.2 Å². The fraction of sp³-hybridized carbons (Fsp3) is 0.933. The Morgan fingerprint density at radius 3 is 2.61 bits per heavy atom. The highest BCUT2D eigenvalue weighted by atomic mass is 16.2. The zero-order valence-electron chi connectivity index (χ0n) is 12.0. The SMILES string of the molecule is CCCCC1NC(CC)N(CCCC2CC2)C1=O. The molecule has 1 amide bonds. The molecule has 18 heavy (non-hydrogen) atoms. The predicted molar refractivity (Wildman–Crippen MR) is 74.2 cm³/mol. The zero-order valence-corrected chi connectivity index (χ0v) is 12.0. The van der Waals surface area contributed by atoms with E-state index < -0.39 is 0 Å². The molecule has 1 N–H and O–H groups in total. The number of nitrogens with one attached hydrogen (secondary N) is 1. The Labute approximate surface area is 111 Å². The quantitative estimate of drug-likeness (QED) is 0.720. The molecule has 1 aliphatic carbocycles. The Morgan fingerprint density at radius 1 is 1.22 bits per heavy atom. The van der Waals surface area contributed by atoms with E-state index in [4.69, 9.17) is 0 Å². The van der Waals surface area contributed by atoms with E-state index in [1.807, 2.05) is 0 Å². The van der Waals surface area contributed by atoms with Crippen molar-refractivity contribution in [3.63, 3.8) is 0 Å². The van der Waals surface area contributed by atoms with E-state index in [9.17, 15) is 4.79 Å². The van der Waals surface area contributed by atoms with Crippen molar-refractivity contribution in [1.29, 1.82) is 0 Å². The van der Waals surface area contributed by atoms with Crippen molar-refractivity contribution >= 4 is 5.91 Å². The molecular weight excluding hydrogens is 224 g/mol. The van der Waals surface area contributed by atoms with Gasteiger partial charge in [0, 0.05) is 6.54 Å². The molecule has 2 atom stereocenters. The van der Waals surface area contributed by atoms with E-state index in [-0.39, 0.29) is 6.04 Å². The van der Waals surface area contributed by atoms with E-state index >= 15 is 0 Å². The van der Waals surface area contributed by atoms with Crippen LogP contribution in [0.4, 0.5) is 0 Å². The van der Waals surface area contributed by atoms with Crippen molar-refractivity contribution in [2.45, 2.75) is 77.4 Å². The average Bonchev–Trinajstić information content (AvgIpc) is 3.14. The molecule has 104 valence electrons. The molecule has 0 bridgehead atoms. The number of hydrogen-bond donors (Lipinski definition) is 1. The fourth-order valence-corrected chi connectivity index (χ4v) is 2.92. The second-order valence-electron chi connectivity index (χ2n) is 5.90. The fourth-order valence-electron chi connectivity index (χ4n) is 2.92. The maximum Gasteiger partial charge on any atom is 0.241 e. The molecule has 2 fully saturated rings. The largest absolute Gasteiger partial charge is 0.326 e. The average molecular weight is 252 g/mol. The first-order valence-corrected chi connectivity index (χ1v) is 7.82. The van der Waals surface area contributed by atoms with Crippen LogP contribution in [0.5, 0.6) is 0 Å². The van der Waals surface area contributed by atoms with Crippen LogP contribution in [0.2, 0.25) is 0 Å². The predicted octanol–water partition coefficient (Wildman–Crippen LogP) is 2.90. The van der Waals surface area contributed by atoms with Gasteiger partial charge in [0.05, 0.1) is 12.2 Å². The van der Waals surface area contributed by atoms with Crippen molar-refractivity contribution in [2.75, 3.05) is 6.54 Å². The van der Waals surface area contributed by atoms with Crippen molar-refractivity contribution < 1.29 is 4.79 Å². The standard InChI is InChI=1S/C15H28N2O/c1-3-5-8-13-15(18)17(14(4-2)16-13)11-6-7-12-9-10-12/h12-14,16H,3-11H2,1-2H3. The summed E-state index contributed by atoms with van der Waals surface area (Å²) in [6.07, 6.45) is 9.99. The smallest absolute Gasteiger partial charge is 0.241 e. The van der Waals surface area contributed by atoms with Crippen LogP contribution in [0.15, 0.2) is 0 Å². The van der Waals surface area contributed by atoms with Gasteiger partial charge in [-0.2, -0.15) is 0 Å². The number of rotatable bonds is 8. The molecule has 0 radical (unpaired) electrons. The minimum atomic E-state index is 0.0934. The summed E-state index contributed by atoms with van der Waals surface area (Å²) >= 11 is 0. The van der Waals surface area contributed by atoms with Gasteiger partial charge in [-0.1, -0.05) is 39.5 Å².